The Bertz CT molecular complexity index is 1160. The standard InChI is InChI=1S/C25H21F4N3O/c26-20-5-3-4-19(23(20)21-6-1-2-11-30-21)24(33)32-18-9-10-22(32)15(13-18)12-17-8-7-16(14-31-17)25(27,28)29/h1-8,11,14-15,18,22H,9-10,12-13H2. The summed E-state index contributed by atoms with van der Waals surface area (Å²) in [7, 11) is 0. The maximum Gasteiger partial charge on any atom is 0.417 e. The number of benzene rings is 1. The largest absolute Gasteiger partial charge is 0.417 e. The Hall–Kier alpha value is -3.29. The van der Waals surface area contributed by atoms with Crippen LogP contribution in [0.3, 0.4) is 0 Å². The summed E-state index contributed by atoms with van der Waals surface area (Å²) in [5.41, 5.74) is 0.669. The molecule has 1 amide bonds. The summed E-state index contributed by atoms with van der Waals surface area (Å²) in [5.74, 6) is -0.633. The molecule has 2 saturated heterocycles. The van der Waals surface area contributed by atoms with Crippen molar-refractivity contribution in [2.45, 2.75) is 43.9 Å². The van der Waals surface area contributed by atoms with E-state index in [1.165, 1.54) is 18.2 Å². The Labute approximate surface area is 188 Å². The van der Waals surface area contributed by atoms with Crippen molar-refractivity contribution in [1.82, 2.24) is 14.9 Å². The molecule has 0 aliphatic carbocycles. The lowest BCUT2D eigenvalue weighted by Crippen LogP contribution is -2.37. The van der Waals surface area contributed by atoms with Crippen LogP contribution in [0.25, 0.3) is 11.3 Å². The molecular weight excluding hydrogens is 434 g/mol. The molecule has 3 atom stereocenters. The van der Waals surface area contributed by atoms with E-state index in [1.807, 2.05) is 4.90 Å². The summed E-state index contributed by atoms with van der Waals surface area (Å²) in [6.07, 6.45) is 0.932. The number of carbonyl (C=O) groups is 1. The van der Waals surface area contributed by atoms with Crippen LogP contribution >= 0.6 is 0 Å². The molecule has 2 aliphatic heterocycles. The van der Waals surface area contributed by atoms with Crippen LogP contribution in [0.4, 0.5) is 17.6 Å². The van der Waals surface area contributed by atoms with E-state index < -0.39 is 17.6 Å². The second kappa shape index (κ2) is 8.24. The molecule has 4 nitrogen and oxygen atoms in total. The van der Waals surface area contributed by atoms with Gasteiger partial charge >= 0.3 is 6.18 Å². The summed E-state index contributed by atoms with van der Waals surface area (Å²) < 4.78 is 53.2. The summed E-state index contributed by atoms with van der Waals surface area (Å²) in [6.45, 7) is 0. The monoisotopic (exact) mass is 455 g/mol. The van der Waals surface area contributed by atoms with Gasteiger partial charge in [-0.25, -0.2) is 4.39 Å². The van der Waals surface area contributed by atoms with Crippen molar-refractivity contribution in [3.8, 4) is 11.3 Å². The van der Waals surface area contributed by atoms with Crippen LogP contribution in [0, 0.1) is 11.7 Å². The fourth-order valence-corrected chi connectivity index (χ4v) is 5.24. The Kier molecular flexibility index (Phi) is 5.38. The first-order valence-corrected chi connectivity index (χ1v) is 10.9. The molecule has 2 bridgehead atoms. The Morgan fingerprint density at radius 2 is 1.88 bits per heavy atom. The van der Waals surface area contributed by atoms with Crippen molar-refractivity contribution in [1.29, 1.82) is 0 Å². The maximum atomic E-state index is 14.8. The van der Waals surface area contributed by atoms with Gasteiger partial charge in [0.25, 0.3) is 5.91 Å². The topological polar surface area (TPSA) is 46.1 Å². The average Bonchev–Trinajstić information content (AvgIpc) is 3.36. The highest BCUT2D eigenvalue weighted by Crippen LogP contribution is 2.44. The van der Waals surface area contributed by atoms with Crippen molar-refractivity contribution in [2.24, 2.45) is 5.92 Å². The summed E-state index contributed by atoms with van der Waals surface area (Å²) in [4.78, 5) is 23.7. The minimum Gasteiger partial charge on any atom is -0.332 e. The SMILES string of the molecule is O=C(c1cccc(F)c1-c1ccccn1)N1C2CCC1C(Cc1ccc(C(F)(F)F)cn1)C2. The highest BCUT2D eigenvalue weighted by atomic mass is 19.4. The van der Waals surface area contributed by atoms with Crippen LogP contribution in [-0.2, 0) is 12.6 Å². The van der Waals surface area contributed by atoms with Crippen LogP contribution in [0.5, 0.6) is 0 Å². The van der Waals surface area contributed by atoms with Crippen LogP contribution in [0.15, 0.2) is 60.9 Å². The second-order valence-electron chi connectivity index (χ2n) is 8.62. The van der Waals surface area contributed by atoms with E-state index in [0.29, 0.717) is 17.8 Å². The number of halogens is 4. The number of pyridine rings is 2. The zero-order chi connectivity index (χ0) is 23.2. The van der Waals surface area contributed by atoms with Gasteiger partial charge in [0.1, 0.15) is 5.82 Å². The molecule has 0 N–H and O–H groups in total. The minimum absolute atomic E-state index is 0.0294. The lowest BCUT2D eigenvalue weighted by molar-refractivity contribution is -0.137. The Morgan fingerprint density at radius 3 is 2.58 bits per heavy atom. The number of fused-ring (bicyclic) bond motifs is 2. The number of aromatic nitrogens is 2. The third kappa shape index (κ3) is 3.98. The fourth-order valence-electron chi connectivity index (χ4n) is 5.24. The number of amides is 1. The van der Waals surface area contributed by atoms with E-state index in [4.69, 9.17) is 0 Å². The van der Waals surface area contributed by atoms with Crippen molar-refractivity contribution in [3.05, 3.63) is 83.6 Å². The molecule has 0 saturated carbocycles. The first-order chi connectivity index (χ1) is 15.8. The van der Waals surface area contributed by atoms with Crippen LogP contribution in [0.2, 0.25) is 0 Å². The summed E-state index contributed by atoms with van der Waals surface area (Å²) in [6, 6.07) is 12.0. The number of rotatable bonds is 4. The van der Waals surface area contributed by atoms with Gasteiger partial charge in [-0.2, -0.15) is 13.2 Å². The first kappa shape index (κ1) is 21.6. The molecular formula is C25H21F4N3O. The second-order valence-corrected chi connectivity index (χ2v) is 8.62. The van der Waals surface area contributed by atoms with E-state index in [-0.39, 0.29) is 35.0 Å². The molecule has 170 valence electrons. The minimum atomic E-state index is -4.42. The molecule has 2 aromatic heterocycles. The molecule has 4 heterocycles. The van der Waals surface area contributed by atoms with Gasteiger partial charge in [-0.3, -0.25) is 14.8 Å². The molecule has 3 unspecified atom stereocenters. The smallest absolute Gasteiger partial charge is 0.332 e. The lowest BCUT2D eigenvalue weighted by Gasteiger charge is -2.25. The third-order valence-electron chi connectivity index (χ3n) is 6.69. The first-order valence-electron chi connectivity index (χ1n) is 10.9. The maximum absolute atomic E-state index is 14.8. The molecule has 33 heavy (non-hydrogen) atoms. The van der Waals surface area contributed by atoms with Gasteiger partial charge in [-0.05, 0) is 68.0 Å². The summed E-state index contributed by atoms with van der Waals surface area (Å²) >= 11 is 0. The van der Waals surface area contributed by atoms with E-state index in [1.54, 1.807) is 30.5 Å². The molecule has 5 rings (SSSR count). The van der Waals surface area contributed by atoms with Gasteiger partial charge in [0.15, 0.2) is 0 Å². The van der Waals surface area contributed by atoms with Crippen LogP contribution in [0.1, 0.15) is 40.9 Å². The molecule has 2 aliphatic rings. The molecule has 1 aromatic carbocycles. The zero-order valence-electron chi connectivity index (χ0n) is 17.6. The highest BCUT2D eigenvalue weighted by molar-refractivity contribution is 6.01. The number of carbonyl (C=O) groups excluding carboxylic acids is 1. The molecule has 0 spiro atoms. The third-order valence-corrected chi connectivity index (χ3v) is 6.69. The number of alkyl halides is 3. The van der Waals surface area contributed by atoms with Crippen molar-refractivity contribution < 1.29 is 22.4 Å². The molecule has 0 radical (unpaired) electrons. The molecule has 2 fully saturated rings. The number of hydrogen-bond acceptors (Lipinski definition) is 3. The molecule has 3 aromatic rings. The van der Waals surface area contributed by atoms with Crippen LogP contribution in [-0.4, -0.2) is 32.9 Å². The Balaban J connectivity index is 1.39. The predicted octanol–water partition coefficient (Wildman–Crippen LogP) is 5.54. The van der Waals surface area contributed by atoms with Crippen molar-refractivity contribution >= 4 is 5.91 Å². The molecule has 8 heteroatoms. The van der Waals surface area contributed by atoms with E-state index in [2.05, 4.69) is 9.97 Å². The van der Waals surface area contributed by atoms with E-state index in [0.717, 1.165) is 31.5 Å². The highest BCUT2D eigenvalue weighted by Gasteiger charge is 2.49. The van der Waals surface area contributed by atoms with Gasteiger partial charge in [0.05, 0.1) is 16.8 Å². The van der Waals surface area contributed by atoms with E-state index >= 15 is 0 Å². The quantitative estimate of drug-likeness (QED) is 0.486. The average molecular weight is 455 g/mol. The van der Waals surface area contributed by atoms with Gasteiger partial charge in [0, 0.05) is 35.7 Å². The number of nitrogens with zero attached hydrogens (tertiary/aromatic N) is 3. The lowest BCUT2D eigenvalue weighted by atomic mass is 9.86. The van der Waals surface area contributed by atoms with Gasteiger partial charge in [-0.15, -0.1) is 0 Å². The number of hydrogen-bond donors (Lipinski definition) is 0. The summed E-state index contributed by atoms with van der Waals surface area (Å²) in [5, 5.41) is 0. The fraction of sp³-hybridized carbons (Fsp3) is 0.320. The van der Waals surface area contributed by atoms with Gasteiger partial charge < -0.3 is 4.90 Å². The van der Waals surface area contributed by atoms with Crippen LogP contribution < -0.4 is 0 Å². The zero-order valence-corrected chi connectivity index (χ0v) is 17.6. The van der Waals surface area contributed by atoms with Gasteiger partial charge in [0.2, 0.25) is 0 Å². The van der Waals surface area contributed by atoms with Crippen molar-refractivity contribution in [2.75, 3.05) is 0 Å². The van der Waals surface area contributed by atoms with Crippen molar-refractivity contribution in [3.63, 3.8) is 0 Å². The Morgan fingerprint density at radius 1 is 1.03 bits per heavy atom. The predicted molar refractivity (Wildman–Crippen MR) is 114 cm³/mol. The normalized spacial score (nSPS) is 22.1. The van der Waals surface area contributed by atoms with Gasteiger partial charge in [-0.1, -0.05) is 12.1 Å². The van der Waals surface area contributed by atoms with E-state index in [9.17, 15) is 22.4 Å².